The van der Waals surface area contributed by atoms with Gasteiger partial charge in [-0.05, 0) is 37.5 Å². The van der Waals surface area contributed by atoms with E-state index in [4.69, 9.17) is 4.74 Å². The Morgan fingerprint density at radius 1 is 1.20 bits per heavy atom. The standard InChI is InChI=1S/C16H21N3O/c1-5-8-17-15-9-14(18-10-19-15)13-7-6-11(2)12(3)16(13)20-4/h6-7,9-10H,5,8H2,1-4H3,(H,17,18,19). The number of aryl methyl sites for hydroxylation is 1. The van der Waals surface area contributed by atoms with E-state index in [1.54, 1.807) is 13.4 Å². The third kappa shape index (κ3) is 2.90. The number of benzene rings is 1. The lowest BCUT2D eigenvalue weighted by atomic mass is 10.0. The summed E-state index contributed by atoms with van der Waals surface area (Å²) in [5.74, 6) is 1.72. The fraction of sp³-hybridized carbons (Fsp3) is 0.375. The SMILES string of the molecule is CCCNc1cc(-c2ccc(C)c(C)c2OC)ncn1. The van der Waals surface area contributed by atoms with Crippen LogP contribution in [0.4, 0.5) is 5.82 Å². The number of nitrogens with zero attached hydrogens (tertiary/aromatic N) is 2. The lowest BCUT2D eigenvalue weighted by molar-refractivity contribution is 0.413. The van der Waals surface area contributed by atoms with E-state index in [1.165, 1.54) is 5.56 Å². The van der Waals surface area contributed by atoms with Crippen molar-refractivity contribution < 1.29 is 4.74 Å². The zero-order valence-corrected chi connectivity index (χ0v) is 12.5. The van der Waals surface area contributed by atoms with Gasteiger partial charge in [0.25, 0.3) is 0 Å². The molecule has 2 aromatic rings. The highest BCUT2D eigenvalue weighted by Crippen LogP contribution is 2.33. The van der Waals surface area contributed by atoms with Gasteiger partial charge in [0.1, 0.15) is 17.9 Å². The van der Waals surface area contributed by atoms with Gasteiger partial charge in [-0.1, -0.05) is 13.0 Å². The average Bonchev–Trinajstić information content (AvgIpc) is 2.48. The third-order valence-electron chi connectivity index (χ3n) is 3.38. The molecule has 0 atom stereocenters. The van der Waals surface area contributed by atoms with Gasteiger partial charge < -0.3 is 10.1 Å². The normalized spacial score (nSPS) is 10.4. The van der Waals surface area contributed by atoms with E-state index in [0.717, 1.165) is 41.4 Å². The van der Waals surface area contributed by atoms with Crippen LogP contribution in [0.2, 0.25) is 0 Å². The Kier molecular flexibility index (Phi) is 4.56. The molecule has 0 aliphatic heterocycles. The maximum Gasteiger partial charge on any atom is 0.131 e. The predicted octanol–water partition coefficient (Wildman–Crippen LogP) is 3.59. The van der Waals surface area contributed by atoms with E-state index in [0.29, 0.717) is 0 Å². The minimum Gasteiger partial charge on any atom is -0.496 e. The van der Waals surface area contributed by atoms with E-state index < -0.39 is 0 Å². The van der Waals surface area contributed by atoms with Crippen molar-refractivity contribution in [2.24, 2.45) is 0 Å². The molecule has 1 heterocycles. The lowest BCUT2D eigenvalue weighted by Gasteiger charge is -2.13. The Morgan fingerprint density at radius 3 is 2.70 bits per heavy atom. The number of nitrogens with one attached hydrogen (secondary N) is 1. The van der Waals surface area contributed by atoms with Crippen LogP contribution >= 0.6 is 0 Å². The molecular formula is C16H21N3O. The number of anilines is 1. The Hall–Kier alpha value is -2.10. The molecule has 20 heavy (non-hydrogen) atoms. The van der Waals surface area contributed by atoms with E-state index in [1.807, 2.05) is 12.1 Å². The van der Waals surface area contributed by atoms with Crippen molar-refractivity contribution in [1.82, 2.24) is 9.97 Å². The smallest absolute Gasteiger partial charge is 0.131 e. The minimum absolute atomic E-state index is 0.845. The summed E-state index contributed by atoms with van der Waals surface area (Å²) in [5.41, 5.74) is 4.23. The summed E-state index contributed by atoms with van der Waals surface area (Å²) in [6, 6.07) is 6.10. The predicted molar refractivity (Wildman–Crippen MR) is 82.3 cm³/mol. The number of rotatable bonds is 5. The summed E-state index contributed by atoms with van der Waals surface area (Å²) in [7, 11) is 1.70. The molecular weight excluding hydrogens is 250 g/mol. The van der Waals surface area contributed by atoms with Crippen LogP contribution in [0.3, 0.4) is 0 Å². The molecule has 0 unspecified atom stereocenters. The molecule has 4 heteroatoms. The third-order valence-corrected chi connectivity index (χ3v) is 3.38. The number of ether oxygens (including phenoxy) is 1. The Bertz CT molecular complexity index is 596. The van der Waals surface area contributed by atoms with Crippen LogP contribution in [0.5, 0.6) is 5.75 Å². The Balaban J connectivity index is 2.43. The maximum atomic E-state index is 5.55. The van der Waals surface area contributed by atoms with Crippen LogP contribution in [-0.4, -0.2) is 23.6 Å². The lowest BCUT2D eigenvalue weighted by Crippen LogP contribution is -2.03. The Labute approximate surface area is 120 Å². The summed E-state index contributed by atoms with van der Waals surface area (Å²) in [4.78, 5) is 8.60. The van der Waals surface area contributed by atoms with Crippen molar-refractivity contribution in [3.63, 3.8) is 0 Å². The Morgan fingerprint density at radius 2 is 2.00 bits per heavy atom. The molecule has 0 fully saturated rings. The van der Waals surface area contributed by atoms with E-state index in [-0.39, 0.29) is 0 Å². The second-order valence-corrected chi connectivity index (χ2v) is 4.80. The first-order valence-electron chi connectivity index (χ1n) is 6.87. The molecule has 2 rings (SSSR count). The van der Waals surface area contributed by atoms with Crippen LogP contribution < -0.4 is 10.1 Å². The van der Waals surface area contributed by atoms with E-state index in [2.05, 4.69) is 42.1 Å². The summed E-state index contributed by atoms with van der Waals surface area (Å²) >= 11 is 0. The molecule has 0 spiro atoms. The van der Waals surface area contributed by atoms with Gasteiger partial charge in [-0.3, -0.25) is 0 Å². The van der Waals surface area contributed by atoms with Gasteiger partial charge in [-0.2, -0.15) is 0 Å². The average molecular weight is 271 g/mol. The van der Waals surface area contributed by atoms with Crippen molar-refractivity contribution in [2.45, 2.75) is 27.2 Å². The second kappa shape index (κ2) is 6.37. The molecule has 0 radical (unpaired) electrons. The number of methoxy groups -OCH3 is 1. The summed E-state index contributed by atoms with van der Waals surface area (Å²) in [6.07, 6.45) is 2.65. The number of hydrogen-bond donors (Lipinski definition) is 1. The zero-order valence-electron chi connectivity index (χ0n) is 12.5. The van der Waals surface area contributed by atoms with Crippen LogP contribution in [0, 0.1) is 13.8 Å². The fourth-order valence-electron chi connectivity index (χ4n) is 2.11. The molecule has 1 aromatic carbocycles. The fourth-order valence-corrected chi connectivity index (χ4v) is 2.11. The van der Waals surface area contributed by atoms with E-state index >= 15 is 0 Å². The first kappa shape index (κ1) is 14.3. The van der Waals surface area contributed by atoms with Crippen molar-refractivity contribution >= 4 is 5.82 Å². The van der Waals surface area contributed by atoms with Crippen molar-refractivity contribution in [2.75, 3.05) is 19.0 Å². The van der Waals surface area contributed by atoms with Gasteiger partial charge in [-0.25, -0.2) is 9.97 Å². The van der Waals surface area contributed by atoms with Gasteiger partial charge in [0.2, 0.25) is 0 Å². The highest BCUT2D eigenvalue weighted by atomic mass is 16.5. The molecule has 0 aliphatic rings. The summed E-state index contributed by atoms with van der Waals surface area (Å²) in [5, 5.41) is 3.28. The van der Waals surface area contributed by atoms with Crippen LogP contribution in [0.1, 0.15) is 24.5 Å². The highest BCUT2D eigenvalue weighted by Gasteiger charge is 2.12. The van der Waals surface area contributed by atoms with Crippen LogP contribution in [0.25, 0.3) is 11.3 Å². The molecule has 1 N–H and O–H groups in total. The van der Waals surface area contributed by atoms with Crippen molar-refractivity contribution in [3.8, 4) is 17.0 Å². The summed E-state index contributed by atoms with van der Waals surface area (Å²) < 4.78 is 5.55. The van der Waals surface area contributed by atoms with Gasteiger partial charge in [-0.15, -0.1) is 0 Å². The molecule has 0 aliphatic carbocycles. The van der Waals surface area contributed by atoms with E-state index in [9.17, 15) is 0 Å². The molecule has 0 amide bonds. The molecule has 4 nitrogen and oxygen atoms in total. The number of aromatic nitrogens is 2. The minimum atomic E-state index is 0.845. The first-order valence-corrected chi connectivity index (χ1v) is 6.87. The quantitative estimate of drug-likeness (QED) is 0.902. The molecule has 0 saturated carbocycles. The molecule has 106 valence electrons. The largest absolute Gasteiger partial charge is 0.496 e. The molecule has 0 saturated heterocycles. The van der Waals surface area contributed by atoms with Gasteiger partial charge >= 0.3 is 0 Å². The van der Waals surface area contributed by atoms with Crippen LogP contribution in [0.15, 0.2) is 24.5 Å². The zero-order chi connectivity index (χ0) is 14.5. The maximum absolute atomic E-state index is 5.55. The molecule has 0 bridgehead atoms. The highest BCUT2D eigenvalue weighted by molar-refractivity contribution is 5.71. The van der Waals surface area contributed by atoms with Crippen molar-refractivity contribution in [3.05, 3.63) is 35.7 Å². The van der Waals surface area contributed by atoms with Gasteiger partial charge in [0.05, 0.1) is 12.8 Å². The monoisotopic (exact) mass is 271 g/mol. The first-order chi connectivity index (χ1) is 9.67. The topological polar surface area (TPSA) is 47.0 Å². The number of hydrogen-bond acceptors (Lipinski definition) is 4. The van der Waals surface area contributed by atoms with Crippen LogP contribution in [-0.2, 0) is 0 Å². The summed E-state index contributed by atoms with van der Waals surface area (Å²) in [6.45, 7) is 7.17. The van der Waals surface area contributed by atoms with Gasteiger partial charge in [0, 0.05) is 18.2 Å². The molecule has 1 aromatic heterocycles. The van der Waals surface area contributed by atoms with Gasteiger partial charge in [0.15, 0.2) is 0 Å². The second-order valence-electron chi connectivity index (χ2n) is 4.80. The van der Waals surface area contributed by atoms with Crippen molar-refractivity contribution in [1.29, 1.82) is 0 Å².